The third-order valence-corrected chi connectivity index (χ3v) is 2.59. The van der Waals surface area contributed by atoms with Gasteiger partial charge in [0, 0.05) is 12.4 Å². The lowest BCUT2D eigenvalue weighted by atomic mass is 10.4. The molecule has 0 fully saturated rings. The molecule has 0 unspecified atom stereocenters. The van der Waals surface area contributed by atoms with Crippen LogP contribution in [0.25, 0.3) is 10.7 Å². The number of hydrogen-bond acceptors (Lipinski definition) is 3. The van der Waals surface area contributed by atoms with Crippen molar-refractivity contribution in [3.05, 3.63) is 29.9 Å². The van der Waals surface area contributed by atoms with Crippen molar-refractivity contribution in [2.45, 2.75) is 6.54 Å². The molecule has 4 heteroatoms. The Balaban J connectivity index is 2.40. The molecule has 0 N–H and O–H groups in total. The number of aldehydes is 1. The van der Waals surface area contributed by atoms with E-state index in [4.69, 9.17) is 0 Å². The largest absolute Gasteiger partial charge is 0.323 e. The zero-order chi connectivity index (χ0) is 9.10. The summed E-state index contributed by atoms with van der Waals surface area (Å²) < 4.78 is 1.83. The van der Waals surface area contributed by atoms with Gasteiger partial charge in [0.15, 0.2) is 0 Å². The lowest BCUT2D eigenvalue weighted by Gasteiger charge is -1.99. The molecule has 0 atom stereocenters. The Labute approximate surface area is 79.7 Å². The molecule has 2 aromatic heterocycles. The normalized spacial score (nSPS) is 10.2. The number of nitrogens with zero attached hydrogens (tertiary/aromatic N) is 2. The van der Waals surface area contributed by atoms with Gasteiger partial charge in [0.25, 0.3) is 0 Å². The van der Waals surface area contributed by atoms with Crippen molar-refractivity contribution in [2.75, 3.05) is 0 Å². The van der Waals surface area contributed by atoms with Gasteiger partial charge in [-0.1, -0.05) is 6.07 Å². The second kappa shape index (κ2) is 3.53. The van der Waals surface area contributed by atoms with Gasteiger partial charge in [0.2, 0.25) is 0 Å². The summed E-state index contributed by atoms with van der Waals surface area (Å²) in [6.45, 7) is 0.368. The number of hydrogen-bond donors (Lipinski definition) is 0. The van der Waals surface area contributed by atoms with Crippen molar-refractivity contribution in [1.82, 2.24) is 9.55 Å². The van der Waals surface area contributed by atoms with E-state index >= 15 is 0 Å². The topological polar surface area (TPSA) is 34.9 Å². The first kappa shape index (κ1) is 8.19. The Morgan fingerprint density at radius 2 is 2.54 bits per heavy atom. The summed E-state index contributed by atoms with van der Waals surface area (Å²) in [5, 5.41) is 2.00. The second-order valence-corrected chi connectivity index (χ2v) is 3.49. The minimum Gasteiger partial charge on any atom is -0.323 e. The number of imidazole rings is 1. The maximum atomic E-state index is 10.3. The molecule has 3 nitrogen and oxygen atoms in total. The van der Waals surface area contributed by atoms with Crippen LogP contribution in [0.4, 0.5) is 0 Å². The molecule has 2 aromatic rings. The molecule has 0 bridgehead atoms. The standard InChI is InChI=1S/C9H8N2OS/c12-6-5-11-4-3-10-9(11)8-2-1-7-13-8/h1-4,6-7H,5H2. The smallest absolute Gasteiger partial charge is 0.150 e. The van der Waals surface area contributed by atoms with Crippen LogP contribution in [-0.4, -0.2) is 15.8 Å². The highest BCUT2D eigenvalue weighted by Gasteiger charge is 2.04. The van der Waals surface area contributed by atoms with E-state index in [1.54, 1.807) is 17.5 Å². The van der Waals surface area contributed by atoms with Gasteiger partial charge < -0.3 is 9.36 Å². The fourth-order valence-corrected chi connectivity index (χ4v) is 1.90. The molecule has 0 aromatic carbocycles. The highest BCUT2D eigenvalue weighted by molar-refractivity contribution is 7.13. The quantitative estimate of drug-likeness (QED) is 0.695. The van der Waals surface area contributed by atoms with E-state index in [9.17, 15) is 4.79 Å². The molecule has 0 aliphatic carbocycles. The van der Waals surface area contributed by atoms with E-state index in [-0.39, 0.29) is 0 Å². The molecule has 0 aliphatic heterocycles. The minimum atomic E-state index is 0.368. The predicted octanol–water partition coefficient (Wildman–Crippen LogP) is 1.81. The Bertz CT molecular complexity index is 391. The summed E-state index contributed by atoms with van der Waals surface area (Å²) in [5.41, 5.74) is 0. The van der Waals surface area contributed by atoms with Gasteiger partial charge in [0.1, 0.15) is 12.1 Å². The monoisotopic (exact) mass is 192 g/mol. The Morgan fingerprint density at radius 1 is 1.62 bits per heavy atom. The predicted molar refractivity (Wildman–Crippen MR) is 51.6 cm³/mol. The molecule has 0 aliphatic rings. The molecular weight excluding hydrogens is 184 g/mol. The molecule has 2 heterocycles. The summed E-state index contributed by atoms with van der Waals surface area (Å²) in [5.74, 6) is 0.863. The summed E-state index contributed by atoms with van der Waals surface area (Å²) in [6.07, 6.45) is 4.39. The maximum absolute atomic E-state index is 10.3. The average molecular weight is 192 g/mol. The van der Waals surface area contributed by atoms with Crippen molar-refractivity contribution >= 4 is 17.6 Å². The van der Waals surface area contributed by atoms with E-state index in [0.29, 0.717) is 6.54 Å². The zero-order valence-electron chi connectivity index (χ0n) is 6.88. The third kappa shape index (κ3) is 1.53. The maximum Gasteiger partial charge on any atom is 0.150 e. The lowest BCUT2D eigenvalue weighted by molar-refractivity contribution is -0.108. The van der Waals surface area contributed by atoms with Crippen LogP contribution in [0.1, 0.15) is 0 Å². The van der Waals surface area contributed by atoms with Crippen molar-refractivity contribution in [3.63, 3.8) is 0 Å². The third-order valence-electron chi connectivity index (χ3n) is 1.73. The van der Waals surface area contributed by atoms with Crippen LogP contribution < -0.4 is 0 Å². The molecule has 0 saturated heterocycles. The minimum absolute atomic E-state index is 0.368. The Kier molecular flexibility index (Phi) is 2.23. The molecular formula is C9H8N2OS. The summed E-state index contributed by atoms with van der Waals surface area (Å²) >= 11 is 1.62. The molecule has 0 spiro atoms. The average Bonchev–Trinajstić information content (AvgIpc) is 2.71. The lowest BCUT2D eigenvalue weighted by Crippen LogP contribution is -1.98. The van der Waals surface area contributed by atoms with Crippen LogP contribution in [0.3, 0.4) is 0 Å². The van der Waals surface area contributed by atoms with E-state index in [0.717, 1.165) is 17.0 Å². The Hall–Kier alpha value is -1.42. The van der Waals surface area contributed by atoms with Crippen molar-refractivity contribution < 1.29 is 4.79 Å². The molecule has 0 radical (unpaired) electrons. The van der Waals surface area contributed by atoms with Crippen molar-refractivity contribution in [3.8, 4) is 10.7 Å². The van der Waals surface area contributed by atoms with Crippen LogP contribution in [0.15, 0.2) is 29.9 Å². The van der Waals surface area contributed by atoms with Crippen LogP contribution in [0, 0.1) is 0 Å². The van der Waals surface area contributed by atoms with E-state index < -0.39 is 0 Å². The number of carbonyl (C=O) groups excluding carboxylic acids is 1. The molecule has 66 valence electrons. The summed E-state index contributed by atoms with van der Waals surface area (Å²) in [7, 11) is 0. The number of carbonyl (C=O) groups is 1. The first-order valence-corrected chi connectivity index (χ1v) is 4.78. The second-order valence-electron chi connectivity index (χ2n) is 2.55. The van der Waals surface area contributed by atoms with Gasteiger partial charge in [-0.25, -0.2) is 4.98 Å². The van der Waals surface area contributed by atoms with Crippen molar-refractivity contribution in [1.29, 1.82) is 0 Å². The van der Waals surface area contributed by atoms with Crippen LogP contribution >= 0.6 is 11.3 Å². The number of aromatic nitrogens is 2. The SMILES string of the molecule is O=CCn1ccnc1-c1cccs1. The van der Waals surface area contributed by atoms with E-state index in [2.05, 4.69) is 4.98 Å². The first-order chi connectivity index (χ1) is 6.42. The van der Waals surface area contributed by atoms with Gasteiger partial charge in [-0.05, 0) is 11.4 Å². The molecule has 0 saturated carbocycles. The van der Waals surface area contributed by atoms with Crippen molar-refractivity contribution in [2.24, 2.45) is 0 Å². The first-order valence-electron chi connectivity index (χ1n) is 3.90. The van der Waals surface area contributed by atoms with Gasteiger partial charge >= 0.3 is 0 Å². The summed E-state index contributed by atoms with van der Waals surface area (Å²) in [4.78, 5) is 15.6. The number of thiophene rings is 1. The van der Waals surface area contributed by atoms with Gasteiger partial charge in [0.05, 0.1) is 11.4 Å². The fourth-order valence-electron chi connectivity index (χ4n) is 1.17. The van der Waals surface area contributed by atoms with Gasteiger partial charge in [-0.2, -0.15) is 0 Å². The van der Waals surface area contributed by atoms with E-state index in [1.165, 1.54) is 0 Å². The van der Waals surface area contributed by atoms with Crippen LogP contribution in [0.5, 0.6) is 0 Å². The van der Waals surface area contributed by atoms with Gasteiger partial charge in [-0.15, -0.1) is 11.3 Å². The molecule has 2 rings (SSSR count). The van der Waals surface area contributed by atoms with Crippen LogP contribution in [-0.2, 0) is 11.3 Å². The summed E-state index contributed by atoms with van der Waals surface area (Å²) in [6, 6.07) is 3.97. The molecule has 0 amide bonds. The molecule has 13 heavy (non-hydrogen) atoms. The highest BCUT2D eigenvalue weighted by atomic mass is 32.1. The van der Waals surface area contributed by atoms with E-state index in [1.807, 2.05) is 28.3 Å². The van der Waals surface area contributed by atoms with Crippen LogP contribution in [0.2, 0.25) is 0 Å². The van der Waals surface area contributed by atoms with Gasteiger partial charge in [-0.3, -0.25) is 0 Å². The fraction of sp³-hybridized carbons (Fsp3) is 0.111. The highest BCUT2D eigenvalue weighted by Crippen LogP contribution is 2.22. The zero-order valence-corrected chi connectivity index (χ0v) is 7.70. The Morgan fingerprint density at radius 3 is 3.23 bits per heavy atom. The number of rotatable bonds is 3.